The number of carbonyl (C=O) groups excluding carboxylic acids is 3. The Balaban J connectivity index is 1.44. The summed E-state index contributed by atoms with van der Waals surface area (Å²) in [6, 6.07) is 8.24. The number of aliphatic hydroxyl groups is 1. The fraction of sp³-hybridized carbons (Fsp3) is 0.276. The van der Waals surface area contributed by atoms with Gasteiger partial charge in [-0.05, 0) is 35.7 Å². The van der Waals surface area contributed by atoms with Gasteiger partial charge < -0.3 is 47.0 Å². The molecule has 3 amide bonds. The number of aromatic nitrogens is 3. The molecule has 14 nitrogen and oxygen atoms in total. The third-order valence-electron chi connectivity index (χ3n) is 6.87. The fourth-order valence-electron chi connectivity index (χ4n) is 4.54. The molecule has 2 aromatic carbocycles. The first-order valence-electron chi connectivity index (χ1n) is 13.4. The van der Waals surface area contributed by atoms with Gasteiger partial charge in [-0.1, -0.05) is 30.3 Å². The van der Waals surface area contributed by atoms with E-state index in [1.807, 2.05) is 24.3 Å². The quantitative estimate of drug-likeness (QED) is 0.0916. The highest BCUT2D eigenvalue weighted by atomic mass is 16.4. The lowest BCUT2D eigenvalue weighted by Crippen LogP contribution is -2.58. The molecule has 0 aliphatic heterocycles. The predicted molar refractivity (Wildman–Crippen MR) is 155 cm³/mol. The summed E-state index contributed by atoms with van der Waals surface area (Å²) in [5.74, 6) is -3.69. The smallest absolute Gasteiger partial charge is 0.326 e. The molecule has 14 heteroatoms. The van der Waals surface area contributed by atoms with Crippen molar-refractivity contribution < 1.29 is 34.5 Å². The minimum absolute atomic E-state index is 0.00804. The van der Waals surface area contributed by atoms with Crippen molar-refractivity contribution in [2.45, 2.75) is 43.4 Å². The summed E-state index contributed by atoms with van der Waals surface area (Å²) in [5.41, 5.74) is 8.82. The van der Waals surface area contributed by atoms with Crippen LogP contribution in [0.3, 0.4) is 0 Å². The lowest BCUT2D eigenvalue weighted by atomic mass is 10.0. The van der Waals surface area contributed by atoms with Crippen molar-refractivity contribution in [3.05, 3.63) is 84.1 Å². The number of hydrogen-bond acceptors (Lipinski definition) is 8. The molecule has 4 aromatic rings. The molecule has 226 valence electrons. The van der Waals surface area contributed by atoms with E-state index in [1.54, 1.807) is 6.20 Å². The van der Waals surface area contributed by atoms with E-state index in [-0.39, 0.29) is 25.0 Å². The molecule has 4 rings (SSSR count). The number of nitrogens with two attached hydrogens (primary N) is 1. The fourth-order valence-corrected chi connectivity index (χ4v) is 4.54. The van der Waals surface area contributed by atoms with Crippen LogP contribution in [0, 0.1) is 0 Å². The maximum atomic E-state index is 13.3. The maximum absolute atomic E-state index is 13.3. The molecule has 0 fully saturated rings. The SMILES string of the molecule is N[C@@H](Cc1c[nH]c2ccccc12)C(=O)N[C@@H](CO)C(=O)N[C@@H](Cc1ccc(O)cc1)C(=O)N[C@H](Cc1cnc[nH]1)C(=O)O. The van der Waals surface area contributed by atoms with E-state index in [2.05, 4.69) is 30.9 Å². The summed E-state index contributed by atoms with van der Waals surface area (Å²) in [4.78, 5) is 60.9. The maximum Gasteiger partial charge on any atom is 0.326 e. The second-order valence-electron chi connectivity index (χ2n) is 10.0. The number of aromatic hydroxyl groups is 1. The van der Waals surface area contributed by atoms with Gasteiger partial charge in [-0.15, -0.1) is 0 Å². The summed E-state index contributed by atoms with van der Waals surface area (Å²) in [7, 11) is 0. The number of para-hydroxylation sites is 1. The number of benzene rings is 2. The number of phenolic OH excluding ortho intramolecular Hbond substituents is 1. The Morgan fingerprint density at radius 2 is 1.51 bits per heavy atom. The number of aliphatic carboxylic acids is 1. The van der Waals surface area contributed by atoms with Gasteiger partial charge >= 0.3 is 5.97 Å². The number of nitrogens with one attached hydrogen (secondary N) is 5. The van der Waals surface area contributed by atoms with Crippen LogP contribution in [-0.2, 0) is 38.4 Å². The number of carboxylic acids is 1. The first-order chi connectivity index (χ1) is 20.6. The zero-order valence-corrected chi connectivity index (χ0v) is 23.0. The Morgan fingerprint density at radius 1 is 0.837 bits per heavy atom. The van der Waals surface area contributed by atoms with E-state index in [4.69, 9.17) is 5.73 Å². The predicted octanol–water partition coefficient (Wildman–Crippen LogP) is -0.517. The third-order valence-corrected chi connectivity index (χ3v) is 6.87. The molecule has 0 aliphatic rings. The van der Waals surface area contributed by atoms with Gasteiger partial charge in [-0.3, -0.25) is 14.4 Å². The number of rotatable bonds is 14. The number of hydrogen-bond donors (Lipinski definition) is 9. The number of nitrogens with zero attached hydrogens (tertiary/aromatic N) is 1. The molecule has 0 unspecified atom stereocenters. The van der Waals surface area contributed by atoms with Crippen molar-refractivity contribution in [3.63, 3.8) is 0 Å². The lowest BCUT2D eigenvalue weighted by molar-refractivity contribution is -0.142. The molecule has 4 atom stereocenters. The number of carboxylic acid groups (broad SMARTS) is 1. The lowest BCUT2D eigenvalue weighted by Gasteiger charge is -2.24. The summed E-state index contributed by atoms with van der Waals surface area (Å²) in [5, 5.41) is 37.5. The molecular formula is C29H33N7O7. The van der Waals surface area contributed by atoms with Gasteiger partial charge in [0.05, 0.1) is 19.0 Å². The summed E-state index contributed by atoms with van der Waals surface area (Å²) in [6.45, 7) is -0.789. The zero-order valence-electron chi connectivity index (χ0n) is 23.0. The van der Waals surface area contributed by atoms with Crippen molar-refractivity contribution in [3.8, 4) is 5.75 Å². The van der Waals surface area contributed by atoms with Crippen LogP contribution < -0.4 is 21.7 Å². The largest absolute Gasteiger partial charge is 0.508 e. The average Bonchev–Trinajstić information content (AvgIpc) is 3.66. The number of carbonyl (C=O) groups is 4. The molecule has 0 radical (unpaired) electrons. The number of imidazole rings is 1. The van der Waals surface area contributed by atoms with Crippen molar-refractivity contribution in [1.82, 2.24) is 30.9 Å². The van der Waals surface area contributed by atoms with Crippen LogP contribution in [0.1, 0.15) is 16.8 Å². The van der Waals surface area contributed by atoms with E-state index in [0.717, 1.165) is 16.5 Å². The van der Waals surface area contributed by atoms with Gasteiger partial charge in [0.25, 0.3) is 0 Å². The van der Waals surface area contributed by atoms with E-state index in [9.17, 15) is 34.5 Å². The normalized spacial score (nSPS) is 13.9. The van der Waals surface area contributed by atoms with Crippen LogP contribution in [-0.4, -0.2) is 84.7 Å². The molecule has 0 saturated heterocycles. The molecule has 2 heterocycles. The van der Waals surface area contributed by atoms with Crippen LogP contribution in [0.15, 0.2) is 67.3 Å². The number of amides is 3. The van der Waals surface area contributed by atoms with Crippen LogP contribution in [0.25, 0.3) is 10.9 Å². The van der Waals surface area contributed by atoms with Crippen molar-refractivity contribution >= 4 is 34.6 Å². The second kappa shape index (κ2) is 14.1. The van der Waals surface area contributed by atoms with E-state index < -0.39 is 54.5 Å². The van der Waals surface area contributed by atoms with Gasteiger partial charge in [-0.2, -0.15) is 0 Å². The third kappa shape index (κ3) is 8.18. The van der Waals surface area contributed by atoms with E-state index in [0.29, 0.717) is 11.3 Å². The van der Waals surface area contributed by atoms with Gasteiger partial charge in [0.15, 0.2) is 0 Å². The molecule has 0 spiro atoms. The first-order valence-corrected chi connectivity index (χ1v) is 13.4. The minimum Gasteiger partial charge on any atom is -0.508 e. The van der Waals surface area contributed by atoms with Crippen LogP contribution in [0.4, 0.5) is 0 Å². The Bertz CT molecular complexity index is 1550. The molecule has 0 saturated carbocycles. The highest BCUT2D eigenvalue weighted by Crippen LogP contribution is 2.19. The molecule has 10 N–H and O–H groups in total. The van der Waals surface area contributed by atoms with Gasteiger partial charge in [-0.25, -0.2) is 9.78 Å². The summed E-state index contributed by atoms with van der Waals surface area (Å²) >= 11 is 0. The Kier molecular flexibility index (Phi) is 10.1. The topological polar surface area (TPSA) is 236 Å². The van der Waals surface area contributed by atoms with Crippen molar-refractivity contribution in [2.24, 2.45) is 5.73 Å². The Morgan fingerprint density at radius 3 is 2.19 bits per heavy atom. The molecule has 0 aliphatic carbocycles. The summed E-state index contributed by atoms with van der Waals surface area (Å²) in [6.07, 6.45) is 4.53. The van der Waals surface area contributed by atoms with E-state index >= 15 is 0 Å². The zero-order chi connectivity index (χ0) is 30.9. The Labute approximate surface area is 245 Å². The van der Waals surface area contributed by atoms with Crippen molar-refractivity contribution in [1.29, 1.82) is 0 Å². The standard InChI is InChI=1S/C29H33N7O7/c30-21(10-17-12-32-22-4-2-1-3-20(17)22)26(39)36-25(14-37)28(41)34-23(9-16-5-7-19(38)8-6-16)27(40)35-24(29(42)43)11-18-13-31-15-33-18/h1-8,12-13,15,21,23-25,32,37-38H,9-11,14,30H2,(H,31,33)(H,34,41)(H,35,40)(H,36,39)(H,42,43)/t21-,23-,24+,25-/m0/s1. The molecule has 43 heavy (non-hydrogen) atoms. The van der Waals surface area contributed by atoms with Gasteiger partial charge in [0.2, 0.25) is 17.7 Å². The minimum atomic E-state index is -1.45. The number of phenols is 1. The first kappa shape index (κ1) is 30.7. The molecule has 0 bridgehead atoms. The number of fused-ring (bicyclic) bond motifs is 1. The van der Waals surface area contributed by atoms with Crippen LogP contribution in [0.5, 0.6) is 5.75 Å². The van der Waals surface area contributed by atoms with Gasteiger partial charge in [0.1, 0.15) is 23.9 Å². The Hall–Kier alpha value is -5.21. The highest BCUT2D eigenvalue weighted by Gasteiger charge is 2.31. The second-order valence-corrected chi connectivity index (χ2v) is 10.0. The number of aromatic amines is 2. The number of aliphatic hydroxyl groups excluding tert-OH is 1. The van der Waals surface area contributed by atoms with Gasteiger partial charge in [0, 0.05) is 41.8 Å². The number of H-pyrrole nitrogens is 2. The van der Waals surface area contributed by atoms with Crippen LogP contribution in [0.2, 0.25) is 0 Å². The molecular weight excluding hydrogens is 558 g/mol. The highest BCUT2D eigenvalue weighted by molar-refractivity contribution is 5.94. The van der Waals surface area contributed by atoms with Crippen molar-refractivity contribution in [2.75, 3.05) is 6.61 Å². The molecule has 2 aromatic heterocycles. The van der Waals surface area contributed by atoms with Crippen LogP contribution >= 0.6 is 0 Å². The van der Waals surface area contributed by atoms with E-state index in [1.165, 1.54) is 36.8 Å². The average molecular weight is 592 g/mol. The monoisotopic (exact) mass is 591 g/mol. The summed E-state index contributed by atoms with van der Waals surface area (Å²) < 4.78 is 0.